The number of hydrogen-bond acceptors (Lipinski definition) is 3. The zero-order chi connectivity index (χ0) is 14.9. The molecule has 5 heteroatoms. The third-order valence-corrected chi connectivity index (χ3v) is 4.76. The Balaban J connectivity index is 1.97. The quantitative estimate of drug-likeness (QED) is 0.881. The molecule has 0 unspecified atom stereocenters. The number of aliphatic carboxylic acids is 1. The maximum atomic E-state index is 11.9. The zero-order valence-corrected chi connectivity index (χ0v) is 12.4. The van der Waals surface area contributed by atoms with Crippen LogP contribution in [0.1, 0.15) is 44.3 Å². The van der Waals surface area contributed by atoms with E-state index < -0.39 is 11.4 Å². The Morgan fingerprint density at radius 3 is 2.67 bits per heavy atom. The molecule has 5 nitrogen and oxygen atoms in total. The van der Waals surface area contributed by atoms with Crippen LogP contribution in [0.3, 0.4) is 0 Å². The van der Waals surface area contributed by atoms with Gasteiger partial charge in [-0.25, -0.2) is 9.97 Å². The summed E-state index contributed by atoms with van der Waals surface area (Å²) in [5, 5.41) is 9.79. The van der Waals surface area contributed by atoms with E-state index >= 15 is 0 Å². The predicted octanol–water partition coefficient (Wildman–Crippen LogP) is 2.94. The van der Waals surface area contributed by atoms with Crippen LogP contribution in [0.5, 0.6) is 0 Å². The summed E-state index contributed by atoms with van der Waals surface area (Å²) in [6.45, 7) is 0. The third-order valence-electron chi connectivity index (χ3n) is 4.76. The Hall–Kier alpha value is -1.91. The molecule has 0 aromatic carbocycles. The predicted molar refractivity (Wildman–Crippen MR) is 80.0 cm³/mol. The van der Waals surface area contributed by atoms with Crippen molar-refractivity contribution in [1.82, 2.24) is 14.5 Å². The highest BCUT2D eigenvalue weighted by molar-refractivity contribution is 5.76. The van der Waals surface area contributed by atoms with Crippen molar-refractivity contribution < 1.29 is 9.90 Å². The van der Waals surface area contributed by atoms with E-state index in [2.05, 4.69) is 9.97 Å². The van der Waals surface area contributed by atoms with Crippen LogP contribution in [0.15, 0.2) is 18.3 Å². The Bertz CT molecular complexity index is 655. The second kappa shape index (κ2) is 5.47. The molecular formula is C16H21N3O2. The summed E-state index contributed by atoms with van der Waals surface area (Å²) >= 11 is 0. The highest BCUT2D eigenvalue weighted by atomic mass is 16.4. The molecule has 1 fully saturated rings. The minimum absolute atomic E-state index is 0.495. The van der Waals surface area contributed by atoms with Gasteiger partial charge in [-0.15, -0.1) is 0 Å². The first-order valence-corrected chi connectivity index (χ1v) is 7.62. The molecule has 1 aliphatic carbocycles. The molecule has 21 heavy (non-hydrogen) atoms. The Morgan fingerprint density at radius 1 is 1.33 bits per heavy atom. The average molecular weight is 287 g/mol. The molecule has 0 saturated heterocycles. The largest absolute Gasteiger partial charge is 0.481 e. The number of carboxylic acid groups (broad SMARTS) is 1. The van der Waals surface area contributed by atoms with Crippen molar-refractivity contribution in [3.63, 3.8) is 0 Å². The van der Waals surface area contributed by atoms with Crippen molar-refractivity contribution in [3.8, 4) is 0 Å². The molecule has 2 aromatic heterocycles. The molecule has 0 radical (unpaired) electrons. The van der Waals surface area contributed by atoms with Gasteiger partial charge in [0, 0.05) is 19.7 Å². The van der Waals surface area contributed by atoms with E-state index in [-0.39, 0.29) is 0 Å². The van der Waals surface area contributed by atoms with Gasteiger partial charge in [-0.3, -0.25) is 4.79 Å². The Morgan fingerprint density at radius 2 is 2.05 bits per heavy atom. The van der Waals surface area contributed by atoms with Gasteiger partial charge in [-0.1, -0.05) is 25.7 Å². The van der Waals surface area contributed by atoms with Crippen molar-refractivity contribution >= 4 is 17.1 Å². The molecule has 1 N–H and O–H groups in total. The van der Waals surface area contributed by atoms with E-state index in [1.807, 2.05) is 23.7 Å². The fraction of sp³-hybridized carbons (Fsp3) is 0.562. The minimum Gasteiger partial charge on any atom is -0.481 e. The molecule has 0 bridgehead atoms. The van der Waals surface area contributed by atoms with E-state index in [1.165, 1.54) is 0 Å². The van der Waals surface area contributed by atoms with Crippen LogP contribution < -0.4 is 0 Å². The maximum Gasteiger partial charge on any atom is 0.310 e. The molecule has 112 valence electrons. The van der Waals surface area contributed by atoms with Crippen LogP contribution in [-0.4, -0.2) is 25.6 Å². The van der Waals surface area contributed by atoms with Crippen LogP contribution in [-0.2, 0) is 18.3 Å². The van der Waals surface area contributed by atoms with Crippen LogP contribution in [0.4, 0.5) is 0 Å². The Labute approximate surface area is 124 Å². The van der Waals surface area contributed by atoms with Gasteiger partial charge in [0.2, 0.25) is 0 Å². The van der Waals surface area contributed by atoms with Crippen molar-refractivity contribution in [3.05, 3.63) is 24.2 Å². The van der Waals surface area contributed by atoms with E-state index in [1.54, 1.807) is 6.20 Å². The van der Waals surface area contributed by atoms with Gasteiger partial charge in [0.05, 0.1) is 10.9 Å². The van der Waals surface area contributed by atoms with E-state index in [0.29, 0.717) is 12.1 Å². The lowest BCUT2D eigenvalue weighted by molar-refractivity contribution is -0.150. The normalized spacial score (nSPS) is 18.5. The molecule has 0 spiro atoms. The molecular weight excluding hydrogens is 266 g/mol. The van der Waals surface area contributed by atoms with Gasteiger partial charge < -0.3 is 9.67 Å². The van der Waals surface area contributed by atoms with Crippen molar-refractivity contribution in [2.24, 2.45) is 12.5 Å². The summed E-state index contributed by atoms with van der Waals surface area (Å²) < 4.78 is 1.98. The molecule has 0 amide bonds. The second-order valence-electron chi connectivity index (χ2n) is 6.11. The third kappa shape index (κ3) is 2.52. The molecule has 2 aromatic rings. The first-order valence-electron chi connectivity index (χ1n) is 7.62. The summed E-state index contributed by atoms with van der Waals surface area (Å²) in [5.74, 6) is 0.150. The van der Waals surface area contributed by atoms with Crippen molar-refractivity contribution in [1.29, 1.82) is 0 Å². The standard InChI is InChI=1S/C16H21N3O2/c1-19-12-7-6-10-17-14(12)18-13(19)11-16(15(20)21)8-4-2-3-5-9-16/h6-7,10H,2-5,8-9,11H2,1H3,(H,20,21). The lowest BCUT2D eigenvalue weighted by Gasteiger charge is -2.27. The maximum absolute atomic E-state index is 11.9. The first kappa shape index (κ1) is 14.0. The number of carboxylic acids is 1. The molecule has 2 heterocycles. The van der Waals surface area contributed by atoms with E-state index in [9.17, 15) is 9.90 Å². The summed E-state index contributed by atoms with van der Waals surface area (Å²) in [6.07, 6.45) is 7.98. The zero-order valence-electron chi connectivity index (χ0n) is 12.4. The highest BCUT2D eigenvalue weighted by Crippen LogP contribution is 2.38. The molecule has 3 rings (SSSR count). The number of hydrogen-bond donors (Lipinski definition) is 1. The van der Waals surface area contributed by atoms with E-state index in [4.69, 9.17) is 0 Å². The minimum atomic E-state index is -0.676. The molecule has 0 aliphatic heterocycles. The number of rotatable bonds is 3. The van der Waals surface area contributed by atoms with Gasteiger partial charge >= 0.3 is 5.97 Å². The molecule has 0 atom stereocenters. The number of pyridine rings is 1. The van der Waals surface area contributed by atoms with Gasteiger partial charge in [0.25, 0.3) is 0 Å². The number of imidazole rings is 1. The first-order chi connectivity index (χ1) is 10.1. The molecule has 1 saturated carbocycles. The number of nitrogens with zero attached hydrogens (tertiary/aromatic N) is 3. The fourth-order valence-corrected chi connectivity index (χ4v) is 3.41. The Kier molecular flexibility index (Phi) is 3.66. The van der Waals surface area contributed by atoms with E-state index in [0.717, 1.165) is 49.9 Å². The number of fused-ring (bicyclic) bond motifs is 1. The van der Waals surface area contributed by atoms with Crippen LogP contribution in [0.25, 0.3) is 11.2 Å². The lowest BCUT2D eigenvalue weighted by Crippen LogP contribution is -2.33. The van der Waals surface area contributed by atoms with Gasteiger partial charge in [-0.2, -0.15) is 0 Å². The SMILES string of the molecule is Cn1c(CC2(C(=O)O)CCCCCC2)nc2ncccc21. The van der Waals surface area contributed by atoms with Crippen molar-refractivity contribution in [2.75, 3.05) is 0 Å². The van der Waals surface area contributed by atoms with Crippen LogP contribution >= 0.6 is 0 Å². The van der Waals surface area contributed by atoms with Crippen LogP contribution in [0.2, 0.25) is 0 Å². The number of aromatic nitrogens is 3. The van der Waals surface area contributed by atoms with Gasteiger partial charge in [0.1, 0.15) is 5.82 Å². The number of carbonyl (C=O) groups is 1. The molecule has 1 aliphatic rings. The monoisotopic (exact) mass is 287 g/mol. The van der Waals surface area contributed by atoms with Gasteiger partial charge in [-0.05, 0) is 25.0 Å². The lowest BCUT2D eigenvalue weighted by atomic mass is 9.77. The second-order valence-corrected chi connectivity index (χ2v) is 6.11. The van der Waals surface area contributed by atoms with Gasteiger partial charge in [0.15, 0.2) is 5.65 Å². The summed E-state index contributed by atoms with van der Waals surface area (Å²) in [7, 11) is 1.94. The summed E-state index contributed by atoms with van der Waals surface area (Å²) in [4.78, 5) is 20.7. The number of aryl methyl sites for hydroxylation is 1. The summed E-state index contributed by atoms with van der Waals surface area (Å²) in [6, 6.07) is 3.85. The fourth-order valence-electron chi connectivity index (χ4n) is 3.41. The summed E-state index contributed by atoms with van der Waals surface area (Å²) in [5.41, 5.74) is 0.997. The van der Waals surface area contributed by atoms with Crippen molar-refractivity contribution in [2.45, 2.75) is 44.9 Å². The van der Waals surface area contributed by atoms with Crippen LogP contribution in [0, 0.1) is 5.41 Å². The average Bonchev–Trinajstić information content (AvgIpc) is 2.66. The smallest absolute Gasteiger partial charge is 0.310 e. The topological polar surface area (TPSA) is 68.0 Å². The highest BCUT2D eigenvalue weighted by Gasteiger charge is 2.40.